The second kappa shape index (κ2) is 14.8. The monoisotopic (exact) mass is 536 g/mol. The molecule has 0 bridgehead atoms. The molecule has 9 heteroatoms. The van der Waals surface area contributed by atoms with Crippen LogP contribution >= 0.6 is 11.3 Å². The Morgan fingerprint density at radius 1 is 0.921 bits per heavy atom. The number of hydrogen-bond acceptors (Lipinski definition) is 8. The van der Waals surface area contributed by atoms with E-state index in [1.165, 1.54) is 11.3 Å². The molecule has 1 amide bonds. The zero-order chi connectivity index (χ0) is 26.6. The van der Waals surface area contributed by atoms with E-state index in [9.17, 15) is 9.59 Å². The molecule has 4 rings (SSSR count). The first kappa shape index (κ1) is 27.9. The van der Waals surface area contributed by atoms with Crippen LogP contribution in [0, 0.1) is 0 Å². The highest BCUT2D eigenvalue weighted by Crippen LogP contribution is 2.33. The van der Waals surface area contributed by atoms with Gasteiger partial charge in [-0.05, 0) is 36.6 Å². The Labute approximate surface area is 228 Å². The number of aliphatic hydroxyl groups is 1. The van der Waals surface area contributed by atoms with Gasteiger partial charge in [0.2, 0.25) is 0 Å². The van der Waals surface area contributed by atoms with E-state index in [0.29, 0.717) is 24.5 Å². The van der Waals surface area contributed by atoms with Crippen LogP contribution in [0.3, 0.4) is 0 Å². The molecule has 3 N–H and O–H groups in total. The normalized spacial score (nSPS) is 13.8. The van der Waals surface area contributed by atoms with E-state index in [1.807, 2.05) is 66.7 Å². The molecule has 1 saturated heterocycles. The second-order valence-corrected chi connectivity index (χ2v) is 10.3. The first-order valence-corrected chi connectivity index (χ1v) is 14.0. The number of ketones is 1. The quantitative estimate of drug-likeness (QED) is 0.221. The Kier molecular flexibility index (Phi) is 10.8. The predicted octanol–water partition coefficient (Wildman–Crippen LogP) is 4.31. The Morgan fingerprint density at radius 3 is 2.47 bits per heavy atom. The summed E-state index contributed by atoms with van der Waals surface area (Å²) in [6.07, 6.45) is 2.80. The highest BCUT2D eigenvalue weighted by Gasteiger charge is 2.28. The molecule has 0 radical (unpaired) electrons. The van der Waals surface area contributed by atoms with Gasteiger partial charge in [0.15, 0.2) is 5.78 Å². The van der Waals surface area contributed by atoms with Crippen molar-refractivity contribution >= 4 is 28.9 Å². The summed E-state index contributed by atoms with van der Waals surface area (Å²) in [6, 6.07) is 21.7. The van der Waals surface area contributed by atoms with Gasteiger partial charge in [0.1, 0.15) is 6.61 Å². The number of rotatable bonds is 13. The fourth-order valence-electron chi connectivity index (χ4n) is 4.44. The van der Waals surface area contributed by atoms with Crippen LogP contribution < -0.4 is 15.6 Å². The number of piperidine rings is 1. The number of hydrazine groups is 1. The minimum absolute atomic E-state index is 0.00136. The SMILES string of the molecule is O=C(CNCCOC(=O)N(c1ccccc1-c1ccccc1)N1CCCCC1)c1ccc(CNCCO)s1. The van der Waals surface area contributed by atoms with Gasteiger partial charge < -0.3 is 20.5 Å². The highest BCUT2D eigenvalue weighted by atomic mass is 32.1. The number of nitrogens with one attached hydrogen (secondary N) is 2. The van der Waals surface area contributed by atoms with Gasteiger partial charge >= 0.3 is 6.09 Å². The highest BCUT2D eigenvalue weighted by molar-refractivity contribution is 7.14. The summed E-state index contributed by atoms with van der Waals surface area (Å²) in [4.78, 5) is 27.7. The van der Waals surface area contributed by atoms with Crippen LogP contribution in [-0.2, 0) is 11.3 Å². The molecule has 2 aromatic carbocycles. The molecule has 0 atom stereocenters. The largest absolute Gasteiger partial charge is 0.447 e. The Balaban J connectivity index is 1.33. The van der Waals surface area contributed by atoms with Crippen LogP contribution in [0.4, 0.5) is 10.5 Å². The van der Waals surface area contributed by atoms with Gasteiger partial charge in [-0.1, -0.05) is 55.0 Å². The molecule has 202 valence electrons. The van der Waals surface area contributed by atoms with Crippen molar-refractivity contribution in [1.82, 2.24) is 15.6 Å². The zero-order valence-electron chi connectivity index (χ0n) is 21.6. The van der Waals surface area contributed by atoms with Crippen molar-refractivity contribution in [2.24, 2.45) is 0 Å². The molecule has 38 heavy (non-hydrogen) atoms. The van der Waals surface area contributed by atoms with Gasteiger partial charge in [-0.3, -0.25) is 4.79 Å². The standard InChI is InChI=1S/C29H36N4O4S/c34-19-15-30-21-24-13-14-28(38-24)27(35)22-31-16-20-37-29(36)33(32-17-7-2-8-18-32)26-12-6-5-11-25(26)23-9-3-1-4-10-23/h1,3-6,9-14,30-31,34H,2,7-8,15-22H2. The lowest BCUT2D eigenvalue weighted by molar-refractivity contribution is 0.0990. The summed E-state index contributed by atoms with van der Waals surface area (Å²) in [7, 11) is 0. The predicted molar refractivity (Wildman–Crippen MR) is 151 cm³/mol. The fraction of sp³-hybridized carbons (Fsp3) is 0.379. The zero-order valence-corrected chi connectivity index (χ0v) is 22.4. The molecule has 2 heterocycles. The molecule has 0 aliphatic carbocycles. The van der Waals surface area contributed by atoms with E-state index < -0.39 is 6.09 Å². The molecule has 1 aliphatic rings. The third kappa shape index (κ3) is 7.72. The molecular weight excluding hydrogens is 500 g/mol. The number of carbonyl (C=O) groups excluding carboxylic acids is 2. The van der Waals surface area contributed by atoms with Crippen LogP contribution in [0.2, 0.25) is 0 Å². The maximum absolute atomic E-state index is 13.4. The molecule has 0 unspecified atom stereocenters. The number of thiophene rings is 1. The summed E-state index contributed by atoms with van der Waals surface area (Å²) in [5.74, 6) is 0.00136. The van der Waals surface area contributed by atoms with Gasteiger partial charge in [-0.25, -0.2) is 14.8 Å². The summed E-state index contributed by atoms with van der Waals surface area (Å²) in [6.45, 7) is 3.53. The first-order chi connectivity index (χ1) is 18.7. The number of ether oxygens (including phenoxy) is 1. The minimum Gasteiger partial charge on any atom is -0.447 e. The van der Waals surface area contributed by atoms with Gasteiger partial charge in [0, 0.05) is 43.2 Å². The molecule has 1 aromatic heterocycles. The lowest BCUT2D eigenvalue weighted by Crippen LogP contribution is -2.50. The number of benzene rings is 2. The maximum atomic E-state index is 13.4. The van der Waals surface area contributed by atoms with Crippen LogP contribution in [0.1, 0.15) is 33.8 Å². The van der Waals surface area contributed by atoms with Gasteiger partial charge in [-0.2, -0.15) is 0 Å². The summed E-state index contributed by atoms with van der Waals surface area (Å²) in [5, 5.41) is 18.8. The number of Topliss-reactive ketones (excluding diaryl/α,β-unsaturated/α-hetero) is 1. The lowest BCUT2D eigenvalue weighted by Gasteiger charge is -2.37. The Bertz CT molecular complexity index is 1160. The van der Waals surface area contributed by atoms with Crippen molar-refractivity contribution in [2.45, 2.75) is 25.8 Å². The van der Waals surface area contributed by atoms with Crippen LogP contribution in [-0.4, -0.2) is 67.9 Å². The van der Waals surface area contributed by atoms with Crippen molar-refractivity contribution in [3.63, 3.8) is 0 Å². The Hall–Kier alpha value is -3.08. The minimum atomic E-state index is -0.415. The molecule has 8 nitrogen and oxygen atoms in total. The van der Waals surface area contributed by atoms with Crippen molar-refractivity contribution < 1.29 is 19.4 Å². The van der Waals surface area contributed by atoms with E-state index in [-0.39, 0.29) is 25.5 Å². The number of para-hydroxylation sites is 1. The fourth-order valence-corrected chi connectivity index (χ4v) is 5.35. The molecule has 0 spiro atoms. The first-order valence-electron chi connectivity index (χ1n) is 13.2. The number of nitrogens with zero attached hydrogens (tertiary/aromatic N) is 2. The van der Waals surface area contributed by atoms with E-state index >= 15 is 0 Å². The number of anilines is 1. The number of hydrogen-bond donors (Lipinski definition) is 3. The smallest absolute Gasteiger partial charge is 0.429 e. The van der Waals surface area contributed by atoms with Crippen molar-refractivity contribution in [2.75, 3.05) is 50.9 Å². The van der Waals surface area contributed by atoms with Crippen LogP contribution in [0.15, 0.2) is 66.7 Å². The molecule has 0 saturated carbocycles. The van der Waals surface area contributed by atoms with Gasteiger partial charge in [0.05, 0.1) is 23.7 Å². The summed E-state index contributed by atoms with van der Waals surface area (Å²) in [5.41, 5.74) is 2.82. The van der Waals surface area contributed by atoms with E-state index in [1.54, 1.807) is 5.01 Å². The van der Waals surface area contributed by atoms with E-state index in [0.717, 1.165) is 54.0 Å². The average molecular weight is 537 g/mol. The molecule has 1 aliphatic heterocycles. The van der Waals surface area contributed by atoms with Crippen LogP contribution in [0.25, 0.3) is 11.1 Å². The third-order valence-electron chi connectivity index (χ3n) is 6.32. The lowest BCUT2D eigenvalue weighted by atomic mass is 10.0. The summed E-state index contributed by atoms with van der Waals surface area (Å²) >= 11 is 1.45. The third-order valence-corrected chi connectivity index (χ3v) is 7.45. The molecule has 3 aromatic rings. The average Bonchev–Trinajstić information content (AvgIpc) is 3.44. The topological polar surface area (TPSA) is 94.1 Å². The second-order valence-electron chi connectivity index (χ2n) is 9.09. The number of aliphatic hydroxyl groups excluding tert-OH is 1. The van der Waals surface area contributed by atoms with Crippen LogP contribution in [0.5, 0.6) is 0 Å². The Morgan fingerprint density at radius 2 is 1.68 bits per heavy atom. The van der Waals surface area contributed by atoms with Crippen molar-refractivity contribution in [3.05, 3.63) is 76.5 Å². The number of amides is 1. The van der Waals surface area contributed by atoms with Gasteiger partial charge in [-0.15, -0.1) is 11.3 Å². The van der Waals surface area contributed by atoms with E-state index in [2.05, 4.69) is 15.6 Å². The van der Waals surface area contributed by atoms with Crippen molar-refractivity contribution in [3.8, 4) is 11.1 Å². The number of carbonyl (C=O) groups is 2. The summed E-state index contributed by atoms with van der Waals surface area (Å²) < 4.78 is 5.69. The van der Waals surface area contributed by atoms with Gasteiger partial charge in [0.25, 0.3) is 0 Å². The molecular formula is C29H36N4O4S. The van der Waals surface area contributed by atoms with Crippen molar-refractivity contribution in [1.29, 1.82) is 0 Å². The van der Waals surface area contributed by atoms with E-state index in [4.69, 9.17) is 9.84 Å². The maximum Gasteiger partial charge on any atom is 0.429 e. The molecule has 1 fully saturated rings.